The Labute approximate surface area is 183 Å². The maximum absolute atomic E-state index is 11.1. The molecule has 0 aromatic heterocycles. The molecule has 6 nitrogen and oxygen atoms in total. The Bertz CT molecular complexity index is 903. The van der Waals surface area contributed by atoms with Crippen LogP contribution >= 0.6 is 0 Å². The van der Waals surface area contributed by atoms with Gasteiger partial charge in [-0.3, -0.25) is 9.69 Å². The minimum absolute atomic E-state index is 0.0409. The molecule has 4 rings (SSSR count). The maximum Gasteiger partial charge on any atom is 0.335 e. The Balaban J connectivity index is 1.16. The van der Waals surface area contributed by atoms with Crippen LogP contribution in [0.2, 0.25) is 0 Å². The molecule has 2 aromatic carbocycles. The number of hydrogen-bond acceptors (Lipinski definition) is 4. The summed E-state index contributed by atoms with van der Waals surface area (Å²) in [6.07, 6.45) is 3.58. The van der Waals surface area contributed by atoms with Gasteiger partial charge in [0.2, 0.25) is 5.91 Å². The number of benzene rings is 2. The number of aromatic carboxylic acids is 1. The van der Waals surface area contributed by atoms with Crippen molar-refractivity contribution in [3.8, 4) is 0 Å². The first-order valence-electron chi connectivity index (χ1n) is 11.1. The van der Waals surface area contributed by atoms with Crippen molar-refractivity contribution in [2.45, 2.75) is 44.7 Å². The number of carbonyl (C=O) groups excluding carboxylic acids is 1. The van der Waals surface area contributed by atoms with Gasteiger partial charge < -0.3 is 15.7 Å². The van der Waals surface area contributed by atoms with E-state index in [-0.39, 0.29) is 5.91 Å². The number of carboxylic acid groups (broad SMARTS) is 1. The lowest BCUT2D eigenvalue weighted by Crippen LogP contribution is -2.37. The molecule has 0 bridgehead atoms. The molecule has 2 aliphatic rings. The van der Waals surface area contributed by atoms with Crippen LogP contribution in [0.25, 0.3) is 0 Å². The zero-order valence-electron chi connectivity index (χ0n) is 18.0. The molecule has 0 spiro atoms. The first-order valence-corrected chi connectivity index (χ1v) is 11.1. The van der Waals surface area contributed by atoms with E-state index in [1.807, 2.05) is 24.3 Å². The van der Waals surface area contributed by atoms with E-state index in [0.29, 0.717) is 23.4 Å². The molecule has 2 aromatic rings. The van der Waals surface area contributed by atoms with E-state index in [1.54, 1.807) is 12.1 Å². The molecule has 2 atom stereocenters. The van der Waals surface area contributed by atoms with Crippen LogP contribution in [-0.2, 0) is 11.3 Å². The normalized spacial score (nSPS) is 21.6. The molecule has 0 unspecified atom stereocenters. The number of amides is 1. The highest BCUT2D eigenvalue weighted by molar-refractivity contribution is 5.88. The highest BCUT2D eigenvalue weighted by Gasteiger charge is 2.38. The van der Waals surface area contributed by atoms with Crippen molar-refractivity contribution >= 4 is 17.6 Å². The molecule has 1 saturated heterocycles. The summed E-state index contributed by atoms with van der Waals surface area (Å²) in [6.45, 7) is 5.67. The molecule has 1 amide bonds. The van der Waals surface area contributed by atoms with Crippen LogP contribution in [0.1, 0.15) is 53.6 Å². The summed E-state index contributed by atoms with van der Waals surface area (Å²) in [4.78, 5) is 24.6. The Morgan fingerprint density at radius 3 is 2.32 bits per heavy atom. The van der Waals surface area contributed by atoms with Crippen molar-refractivity contribution in [1.82, 2.24) is 10.2 Å². The predicted octanol–water partition coefficient (Wildman–Crippen LogP) is 3.70. The van der Waals surface area contributed by atoms with Gasteiger partial charge in [-0.05, 0) is 80.2 Å². The van der Waals surface area contributed by atoms with Gasteiger partial charge in [0.05, 0.1) is 5.56 Å². The van der Waals surface area contributed by atoms with Crippen molar-refractivity contribution < 1.29 is 14.7 Å². The van der Waals surface area contributed by atoms with E-state index in [4.69, 9.17) is 5.11 Å². The van der Waals surface area contributed by atoms with Crippen molar-refractivity contribution in [2.24, 2.45) is 5.92 Å². The monoisotopic (exact) mass is 421 g/mol. The van der Waals surface area contributed by atoms with Crippen molar-refractivity contribution in [3.05, 3.63) is 65.2 Å². The third-order valence-corrected chi connectivity index (χ3v) is 6.43. The van der Waals surface area contributed by atoms with Gasteiger partial charge in [0, 0.05) is 31.1 Å². The second-order valence-corrected chi connectivity index (χ2v) is 8.88. The molecule has 164 valence electrons. The number of carboxylic acids is 1. The number of nitrogens with one attached hydrogen (secondary N) is 2. The molecule has 2 fully saturated rings. The van der Waals surface area contributed by atoms with Crippen LogP contribution < -0.4 is 10.6 Å². The smallest absolute Gasteiger partial charge is 0.335 e. The summed E-state index contributed by atoms with van der Waals surface area (Å²) < 4.78 is 0. The molecular weight excluding hydrogens is 390 g/mol. The van der Waals surface area contributed by atoms with Gasteiger partial charge in [0.1, 0.15) is 0 Å². The summed E-state index contributed by atoms with van der Waals surface area (Å²) in [6, 6.07) is 16.0. The van der Waals surface area contributed by atoms with Crippen LogP contribution in [0, 0.1) is 5.92 Å². The maximum atomic E-state index is 11.1. The van der Waals surface area contributed by atoms with Gasteiger partial charge in [0.25, 0.3) is 0 Å². The average Bonchev–Trinajstić information content (AvgIpc) is 3.53. The van der Waals surface area contributed by atoms with Crippen LogP contribution in [0.5, 0.6) is 0 Å². The highest BCUT2D eigenvalue weighted by Crippen LogP contribution is 2.41. The third kappa shape index (κ3) is 5.93. The summed E-state index contributed by atoms with van der Waals surface area (Å²) in [7, 11) is 0. The van der Waals surface area contributed by atoms with Crippen molar-refractivity contribution in [1.29, 1.82) is 0 Å². The number of hydrogen-bond donors (Lipinski definition) is 3. The predicted molar refractivity (Wildman–Crippen MR) is 121 cm³/mol. The van der Waals surface area contributed by atoms with Crippen molar-refractivity contribution in [3.63, 3.8) is 0 Å². The van der Waals surface area contributed by atoms with Gasteiger partial charge in [-0.2, -0.15) is 0 Å². The zero-order valence-corrected chi connectivity index (χ0v) is 18.0. The minimum atomic E-state index is -0.875. The molecular formula is C25H31N3O3. The number of likely N-dealkylation sites (tertiary alicyclic amines) is 1. The Kier molecular flexibility index (Phi) is 6.68. The van der Waals surface area contributed by atoms with Gasteiger partial charge >= 0.3 is 5.97 Å². The van der Waals surface area contributed by atoms with Gasteiger partial charge in [-0.25, -0.2) is 4.79 Å². The number of piperidine rings is 1. The fourth-order valence-electron chi connectivity index (χ4n) is 4.48. The van der Waals surface area contributed by atoms with Gasteiger partial charge in [-0.1, -0.05) is 24.3 Å². The Morgan fingerprint density at radius 2 is 1.71 bits per heavy atom. The molecule has 1 aliphatic carbocycles. The first-order chi connectivity index (χ1) is 15.0. The summed E-state index contributed by atoms with van der Waals surface area (Å²) in [5, 5.41) is 15.6. The summed E-state index contributed by atoms with van der Waals surface area (Å²) in [5.74, 6) is 0.384. The Hall–Kier alpha value is -2.70. The van der Waals surface area contributed by atoms with Gasteiger partial charge in [-0.15, -0.1) is 0 Å². The second kappa shape index (κ2) is 9.62. The molecule has 6 heteroatoms. The van der Waals surface area contributed by atoms with E-state index in [1.165, 1.54) is 37.3 Å². The van der Waals surface area contributed by atoms with Crippen LogP contribution in [0.15, 0.2) is 48.5 Å². The number of carbonyl (C=O) groups is 2. The number of nitrogens with zero attached hydrogens (tertiary/aromatic N) is 1. The van der Waals surface area contributed by atoms with E-state index in [2.05, 4.69) is 27.7 Å². The molecule has 3 N–H and O–H groups in total. The van der Waals surface area contributed by atoms with Crippen LogP contribution in [-0.4, -0.2) is 47.6 Å². The lowest BCUT2D eigenvalue weighted by Gasteiger charge is -2.32. The quantitative estimate of drug-likeness (QED) is 0.606. The molecule has 0 radical (unpaired) electrons. The number of rotatable bonds is 8. The second-order valence-electron chi connectivity index (χ2n) is 8.88. The lowest BCUT2D eigenvalue weighted by atomic mass is 9.96. The third-order valence-electron chi connectivity index (χ3n) is 6.43. The van der Waals surface area contributed by atoms with E-state index in [9.17, 15) is 9.59 Å². The molecule has 1 heterocycles. The summed E-state index contributed by atoms with van der Waals surface area (Å²) in [5.41, 5.74) is 3.71. The largest absolute Gasteiger partial charge is 0.478 e. The first kappa shape index (κ1) is 21.5. The fraction of sp³-hybridized carbons (Fsp3) is 0.440. The van der Waals surface area contributed by atoms with Crippen LogP contribution in [0.4, 0.5) is 5.69 Å². The lowest BCUT2D eigenvalue weighted by molar-refractivity contribution is -0.114. The minimum Gasteiger partial charge on any atom is -0.478 e. The van der Waals surface area contributed by atoms with Gasteiger partial charge in [0.15, 0.2) is 0 Å². The van der Waals surface area contributed by atoms with Crippen LogP contribution in [0.3, 0.4) is 0 Å². The zero-order chi connectivity index (χ0) is 21.8. The highest BCUT2D eigenvalue weighted by atomic mass is 16.4. The number of anilines is 1. The van der Waals surface area contributed by atoms with E-state index in [0.717, 1.165) is 31.9 Å². The molecule has 1 saturated carbocycles. The summed E-state index contributed by atoms with van der Waals surface area (Å²) >= 11 is 0. The average molecular weight is 422 g/mol. The topological polar surface area (TPSA) is 81.7 Å². The van der Waals surface area contributed by atoms with Crippen molar-refractivity contribution in [2.75, 3.05) is 25.0 Å². The molecule has 1 aliphatic heterocycles. The Morgan fingerprint density at radius 1 is 1.03 bits per heavy atom. The molecule has 31 heavy (non-hydrogen) atoms. The standard InChI is InChI=1S/C25H31N3O3/c1-17(29)27-22-8-6-20(7-9-22)23-14-24(23)26-15-18-10-12-28(13-11-18)16-19-2-4-21(5-3-19)25(30)31/h2-9,18,23-24,26H,10-16H2,1H3,(H,27,29)(H,30,31)/t23-,24+/m0/s1. The van der Waals surface area contributed by atoms with E-state index >= 15 is 0 Å². The van der Waals surface area contributed by atoms with E-state index < -0.39 is 5.97 Å². The SMILES string of the molecule is CC(=O)Nc1ccc([C@@H]2C[C@H]2NCC2CCN(Cc3ccc(C(=O)O)cc3)CC2)cc1. The fourth-order valence-corrected chi connectivity index (χ4v) is 4.48.